The van der Waals surface area contributed by atoms with Gasteiger partial charge in [0.25, 0.3) is 0 Å². The second kappa shape index (κ2) is 6.80. The van der Waals surface area contributed by atoms with Crippen LogP contribution >= 0.6 is 0 Å². The van der Waals surface area contributed by atoms with Gasteiger partial charge < -0.3 is 9.84 Å². The Morgan fingerprint density at radius 1 is 1.78 bits per heavy atom. The van der Waals surface area contributed by atoms with Gasteiger partial charge in [-0.25, -0.2) is 4.79 Å². The summed E-state index contributed by atoms with van der Waals surface area (Å²) < 4.78 is 4.41. The van der Waals surface area contributed by atoms with Gasteiger partial charge in [0.05, 0.1) is 6.61 Å². The van der Waals surface area contributed by atoms with E-state index < -0.39 is 12.1 Å². The van der Waals surface area contributed by atoms with Crippen molar-refractivity contribution >= 4 is 43.7 Å². The number of carbonyl (C=O) groups excluding carboxylic acids is 1. The Hall–Kier alpha value is 0.690. The van der Waals surface area contributed by atoms with E-state index in [0.29, 0.717) is 6.61 Å². The normalized spacial score (nSPS) is 11.4. The second-order valence-electron chi connectivity index (χ2n) is 1.43. The molecule has 0 bridgehead atoms. The Morgan fingerprint density at radius 3 is 2.33 bits per heavy atom. The number of hydrogen-bond acceptors (Lipinski definition) is 3. The van der Waals surface area contributed by atoms with Crippen LogP contribution in [0.15, 0.2) is 0 Å². The molecule has 1 atom stereocenters. The molecule has 0 rings (SSSR count). The Labute approximate surface area is 84.4 Å². The first-order valence-electron chi connectivity index (χ1n) is 2.53. The van der Waals surface area contributed by atoms with Gasteiger partial charge in [0.2, 0.25) is 0 Å². The Balaban J connectivity index is 0. The van der Waals surface area contributed by atoms with E-state index in [9.17, 15) is 4.79 Å². The standard InChI is InChI=1S/C5H10O3.Ca.2H/c1-3-8-5(7)4(2)6;;;/h4,6H,3H2,1-2H3;;;. The maximum atomic E-state index is 10.3. The van der Waals surface area contributed by atoms with E-state index in [0.717, 1.165) is 0 Å². The van der Waals surface area contributed by atoms with E-state index in [1.54, 1.807) is 6.92 Å². The monoisotopic (exact) mass is 160 g/mol. The average Bonchev–Trinajstić information content (AvgIpc) is 1.67. The second-order valence-corrected chi connectivity index (χ2v) is 1.43. The van der Waals surface area contributed by atoms with Crippen molar-refractivity contribution in [3.63, 3.8) is 0 Å². The van der Waals surface area contributed by atoms with Crippen molar-refractivity contribution in [2.45, 2.75) is 20.0 Å². The number of ether oxygens (including phenoxy) is 1. The van der Waals surface area contributed by atoms with E-state index in [2.05, 4.69) is 4.74 Å². The molecular formula is C5H12CaO3. The molecule has 1 N–H and O–H groups in total. The van der Waals surface area contributed by atoms with Crippen molar-refractivity contribution in [1.29, 1.82) is 0 Å². The summed E-state index contributed by atoms with van der Waals surface area (Å²) in [7, 11) is 0. The topological polar surface area (TPSA) is 46.5 Å². The van der Waals surface area contributed by atoms with E-state index >= 15 is 0 Å². The fraction of sp³-hybridized carbons (Fsp3) is 0.800. The molecule has 0 radical (unpaired) electrons. The number of carbonyl (C=O) groups is 1. The predicted molar refractivity (Wildman–Crippen MR) is 36.9 cm³/mol. The van der Waals surface area contributed by atoms with Crippen LogP contribution in [0.25, 0.3) is 0 Å². The SMILES string of the molecule is CCOC(=O)C(C)O.[CaH2]. The summed E-state index contributed by atoms with van der Waals surface area (Å²) >= 11 is 0. The van der Waals surface area contributed by atoms with Crippen molar-refractivity contribution in [1.82, 2.24) is 0 Å². The summed E-state index contributed by atoms with van der Waals surface area (Å²) in [5, 5.41) is 8.48. The van der Waals surface area contributed by atoms with Gasteiger partial charge in [-0.1, -0.05) is 0 Å². The zero-order valence-corrected chi connectivity index (χ0v) is 5.05. The van der Waals surface area contributed by atoms with Crippen LogP contribution < -0.4 is 0 Å². The van der Waals surface area contributed by atoms with Gasteiger partial charge in [-0.3, -0.25) is 0 Å². The van der Waals surface area contributed by atoms with Gasteiger partial charge in [-0.2, -0.15) is 0 Å². The summed E-state index contributed by atoms with van der Waals surface area (Å²) in [6, 6.07) is 0. The average molecular weight is 160 g/mol. The van der Waals surface area contributed by atoms with Crippen LogP contribution in [0.1, 0.15) is 13.8 Å². The predicted octanol–water partition coefficient (Wildman–Crippen LogP) is -0.986. The van der Waals surface area contributed by atoms with Gasteiger partial charge in [0.1, 0.15) is 6.10 Å². The molecule has 0 aromatic rings. The summed E-state index contributed by atoms with van der Waals surface area (Å²) in [4.78, 5) is 10.3. The van der Waals surface area contributed by atoms with Crippen molar-refractivity contribution in [2.24, 2.45) is 0 Å². The molecule has 52 valence electrons. The summed E-state index contributed by atoms with van der Waals surface area (Å²) in [5.74, 6) is -0.562. The molecule has 0 aliphatic carbocycles. The van der Waals surface area contributed by atoms with Crippen molar-refractivity contribution in [2.75, 3.05) is 6.61 Å². The minimum atomic E-state index is -0.991. The number of hydrogen-bond donors (Lipinski definition) is 1. The Kier molecular flexibility index (Phi) is 9.36. The third-order valence-electron chi connectivity index (χ3n) is 0.628. The number of rotatable bonds is 2. The fourth-order valence-electron chi connectivity index (χ4n) is 0.263. The molecule has 0 aromatic heterocycles. The molecule has 0 heterocycles. The van der Waals surface area contributed by atoms with Crippen LogP contribution in [0.5, 0.6) is 0 Å². The third kappa shape index (κ3) is 6.58. The van der Waals surface area contributed by atoms with E-state index in [-0.39, 0.29) is 37.7 Å². The molecule has 0 spiro atoms. The fourth-order valence-corrected chi connectivity index (χ4v) is 0.263. The minimum absolute atomic E-state index is 0. The van der Waals surface area contributed by atoms with Gasteiger partial charge >= 0.3 is 43.7 Å². The van der Waals surface area contributed by atoms with E-state index in [4.69, 9.17) is 5.11 Å². The molecule has 0 amide bonds. The van der Waals surface area contributed by atoms with Crippen LogP contribution in [0.2, 0.25) is 0 Å². The van der Waals surface area contributed by atoms with Crippen LogP contribution in [-0.2, 0) is 9.53 Å². The van der Waals surface area contributed by atoms with Gasteiger partial charge in [-0.05, 0) is 13.8 Å². The molecule has 9 heavy (non-hydrogen) atoms. The van der Waals surface area contributed by atoms with Crippen molar-refractivity contribution in [3.05, 3.63) is 0 Å². The summed E-state index contributed by atoms with van der Waals surface area (Å²) in [6.07, 6.45) is -0.991. The molecule has 0 fully saturated rings. The first-order chi connectivity index (χ1) is 3.68. The number of aliphatic hydroxyl groups excluding tert-OH is 1. The zero-order chi connectivity index (χ0) is 6.57. The Bertz CT molecular complexity index is 82.3. The molecule has 0 aliphatic rings. The van der Waals surface area contributed by atoms with Gasteiger partial charge in [-0.15, -0.1) is 0 Å². The van der Waals surface area contributed by atoms with Crippen molar-refractivity contribution in [3.8, 4) is 0 Å². The van der Waals surface area contributed by atoms with Crippen LogP contribution in [-0.4, -0.2) is 61.5 Å². The molecule has 0 aromatic carbocycles. The Morgan fingerprint density at radius 2 is 2.22 bits per heavy atom. The molecular weight excluding hydrogens is 148 g/mol. The molecule has 0 saturated carbocycles. The first-order valence-corrected chi connectivity index (χ1v) is 2.53. The molecule has 4 heteroatoms. The first kappa shape index (κ1) is 12.4. The van der Waals surface area contributed by atoms with Crippen LogP contribution in [0, 0.1) is 0 Å². The molecule has 1 unspecified atom stereocenters. The summed E-state index contributed by atoms with van der Waals surface area (Å²) in [6.45, 7) is 3.39. The maximum absolute atomic E-state index is 10.3. The van der Waals surface area contributed by atoms with Crippen molar-refractivity contribution < 1.29 is 14.6 Å². The van der Waals surface area contributed by atoms with Gasteiger partial charge in [0, 0.05) is 0 Å². The third-order valence-corrected chi connectivity index (χ3v) is 0.628. The molecule has 3 nitrogen and oxygen atoms in total. The quantitative estimate of drug-likeness (QED) is 0.417. The van der Waals surface area contributed by atoms with E-state index in [1.165, 1.54) is 6.92 Å². The molecule has 0 aliphatic heterocycles. The van der Waals surface area contributed by atoms with Gasteiger partial charge in [0.15, 0.2) is 0 Å². The van der Waals surface area contributed by atoms with E-state index in [1.807, 2.05) is 0 Å². The number of esters is 1. The number of aliphatic hydroxyl groups is 1. The van der Waals surface area contributed by atoms with Crippen LogP contribution in [0.3, 0.4) is 0 Å². The zero-order valence-electron chi connectivity index (χ0n) is 5.05. The molecule has 0 saturated heterocycles. The van der Waals surface area contributed by atoms with Crippen LogP contribution in [0.4, 0.5) is 0 Å². The summed E-state index contributed by atoms with van der Waals surface area (Å²) in [5.41, 5.74) is 0.